The molecule has 7 heteroatoms. The van der Waals surface area contributed by atoms with Crippen LogP contribution >= 0.6 is 0 Å². The summed E-state index contributed by atoms with van der Waals surface area (Å²) in [5, 5.41) is 20.6. The van der Waals surface area contributed by atoms with E-state index < -0.39 is 6.16 Å². The monoisotopic (exact) mass is 294 g/mol. The summed E-state index contributed by atoms with van der Waals surface area (Å²) in [6, 6.07) is 0. The van der Waals surface area contributed by atoms with E-state index in [2.05, 4.69) is 10.6 Å². The van der Waals surface area contributed by atoms with Crippen LogP contribution in [0, 0.1) is 0 Å². The second-order valence-electron chi connectivity index (χ2n) is 4.61. The van der Waals surface area contributed by atoms with Gasteiger partial charge in [-0.3, -0.25) is 0 Å². The van der Waals surface area contributed by atoms with Crippen LogP contribution in [0.4, 0.5) is 4.79 Å². The normalized spacial score (nSPS) is 18.0. The van der Waals surface area contributed by atoms with E-state index in [-0.39, 0.29) is 12.3 Å². The number of carbonyl (C=O) groups is 1. The van der Waals surface area contributed by atoms with Gasteiger partial charge in [0.2, 0.25) is 0 Å². The van der Waals surface area contributed by atoms with Gasteiger partial charge in [-0.15, -0.1) is 0 Å². The predicted molar refractivity (Wildman–Crippen MR) is 83.4 cm³/mol. The van der Waals surface area contributed by atoms with Gasteiger partial charge < -0.3 is 33.1 Å². The fraction of sp³-hybridized carbons (Fsp3) is 0.923. The lowest BCUT2D eigenvalue weighted by Gasteiger charge is -1.91. The lowest BCUT2D eigenvalue weighted by molar-refractivity contribution is 0.137. The fourth-order valence-corrected chi connectivity index (χ4v) is 1.96. The molecule has 7 nitrogen and oxygen atoms in total. The molecule has 0 spiro atoms. The zero-order valence-corrected chi connectivity index (χ0v) is 12.7. The maximum absolute atomic E-state index is 8.56. The molecule has 0 bridgehead atoms. The highest BCUT2D eigenvalue weighted by Crippen LogP contribution is 2.01. The number of nitrogens with one attached hydrogen (secondary N) is 2. The lowest BCUT2D eigenvalue weighted by Crippen LogP contribution is -2.12. The summed E-state index contributed by atoms with van der Waals surface area (Å²) in [4.78, 5) is 8.56. The molecule has 0 aromatic heterocycles. The van der Waals surface area contributed by atoms with E-state index >= 15 is 0 Å². The summed E-state index contributed by atoms with van der Waals surface area (Å²) in [6.45, 7) is 5.00. The van der Waals surface area contributed by atoms with Gasteiger partial charge in [-0.05, 0) is 51.9 Å². The number of rotatable bonds is 0. The van der Waals surface area contributed by atoms with Gasteiger partial charge in [-0.1, -0.05) is 25.7 Å². The Morgan fingerprint density at radius 1 is 0.600 bits per heavy atom. The first-order chi connectivity index (χ1) is 8.73. The lowest BCUT2D eigenvalue weighted by atomic mass is 10.2. The molecule has 0 aliphatic carbocycles. The minimum Gasteiger partial charge on any atom is -0.450 e. The number of hydrogen-bond donors (Lipinski definition) is 6. The van der Waals surface area contributed by atoms with E-state index in [4.69, 9.17) is 15.0 Å². The van der Waals surface area contributed by atoms with Crippen LogP contribution in [0.25, 0.3) is 0 Å². The van der Waals surface area contributed by atoms with Crippen LogP contribution in [0.3, 0.4) is 0 Å². The molecule has 2 aliphatic heterocycles. The van der Waals surface area contributed by atoms with Crippen molar-refractivity contribution in [1.82, 2.24) is 22.9 Å². The fourth-order valence-electron chi connectivity index (χ4n) is 1.96. The minimum absolute atomic E-state index is 0. The van der Waals surface area contributed by atoms with Crippen LogP contribution in [-0.4, -0.2) is 42.5 Å². The smallest absolute Gasteiger partial charge is 0.450 e. The zero-order chi connectivity index (χ0) is 13.5. The van der Waals surface area contributed by atoms with Crippen molar-refractivity contribution in [3.8, 4) is 0 Å². The van der Waals surface area contributed by atoms with Gasteiger partial charge >= 0.3 is 6.16 Å². The maximum Gasteiger partial charge on any atom is 0.503 e. The molecular weight excluding hydrogens is 260 g/mol. The molecule has 0 saturated carbocycles. The number of carboxylic acid groups (broad SMARTS) is 2. The van der Waals surface area contributed by atoms with E-state index in [1.54, 1.807) is 0 Å². The predicted octanol–water partition coefficient (Wildman–Crippen LogP) is 2.85. The summed E-state index contributed by atoms with van der Waals surface area (Å²) < 4.78 is 0. The molecule has 2 rings (SSSR count). The van der Waals surface area contributed by atoms with Crippen LogP contribution in [0.15, 0.2) is 0 Å². The minimum atomic E-state index is -1.83. The first-order valence-corrected chi connectivity index (χ1v) is 7.07. The Labute approximate surface area is 122 Å². The summed E-state index contributed by atoms with van der Waals surface area (Å²) >= 11 is 0. The Morgan fingerprint density at radius 3 is 1.00 bits per heavy atom. The molecule has 124 valence electrons. The summed E-state index contributed by atoms with van der Waals surface area (Å²) in [5.74, 6) is 0. The van der Waals surface area contributed by atoms with Crippen LogP contribution < -0.4 is 22.9 Å². The van der Waals surface area contributed by atoms with Crippen molar-refractivity contribution in [3.05, 3.63) is 0 Å². The van der Waals surface area contributed by atoms with Crippen LogP contribution in [0.2, 0.25) is 0 Å². The second-order valence-corrected chi connectivity index (χ2v) is 4.61. The quantitative estimate of drug-likeness (QED) is 0.401. The second kappa shape index (κ2) is 20.4. The molecule has 0 radical (unpaired) electrons. The molecule has 0 unspecified atom stereocenters. The van der Waals surface area contributed by atoms with Gasteiger partial charge in [0.25, 0.3) is 0 Å². The average Bonchev–Trinajstić information content (AvgIpc) is 2.79. The summed E-state index contributed by atoms with van der Waals surface area (Å²) in [5.41, 5.74) is 0. The van der Waals surface area contributed by atoms with E-state index in [1.807, 2.05) is 0 Å². The molecule has 0 amide bonds. The molecule has 2 saturated heterocycles. The van der Waals surface area contributed by atoms with Gasteiger partial charge in [0, 0.05) is 0 Å². The average molecular weight is 294 g/mol. The van der Waals surface area contributed by atoms with Crippen molar-refractivity contribution in [2.45, 2.75) is 51.4 Å². The highest BCUT2D eigenvalue weighted by molar-refractivity contribution is 5.53. The summed E-state index contributed by atoms with van der Waals surface area (Å²) in [7, 11) is 0. The van der Waals surface area contributed by atoms with Gasteiger partial charge in [-0.2, -0.15) is 0 Å². The molecular formula is C13H34N4O3. The van der Waals surface area contributed by atoms with E-state index in [0.717, 1.165) is 0 Å². The number of hydrogen-bond acceptors (Lipinski definition) is 5. The largest absolute Gasteiger partial charge is 0.503 e. The van der Waals surface area contributed by atoms with Gasteiger partial charge in [0.15, 0.2) is 0 Å². The van der Waals surface area contributed by atoms with Crippen molar-refractivity contribution in [3.63, 3.8) is 0 Å². The zero-order valence-electron chi connectivity index (χ0n) is 12.7. The van der Waals surface area contributed by atoms with E-state index in [9.17, 15) is 0 Å². The molecule has 2 fully saturated rings. The molecule has 10 N–H and O–H groups in total. The van der Waals surface area contributed by atoms with E-state index in [0.29, 0.717) is 0 Å². The third-order valence-electron chi connectivity index (χ3n) is 2.91. The molecule has 0 aromatic rings. The van der Waals surface area contributed by atoms with Crippen LogP contribution in [0.5, 0.6) is 0 Å². The highest BCUT2D eigenvalue weighted by Gasteiger charge is 1.94. The Bertz CT molecular complexity index is 137. The molecule has 0 aromatic carbocycles. The van der Waals surface area contributed by atoms with Crippen molar-refractivity contribution >= 4 is 6.16 Å². The Morgan fingerprint density at radius 2 is 0.800 bits per heavy atom. The standard InChI is InChI=1S/2C6H13N.CH2O3.2H3N/c2*1-2-4-6-7-5-3-1;2-1(3)4;;/h2*7H,1-6H2;(H2,2,3,4);2*1H3. The van der Waals surface area contributed by atoms with Crippen molar-refractivity contribution in [1.29, 1.82) is 0 Å². The Kier molecular flexibility index (Phi) is 24.7. The third-order valence-corrected chi connectivity index (χ3v) is 2.91. The first-order valence-electron chi connectivity index (χ1n) is 7.07. The molecule has 2 heterocycles. The topological polar surface area (TPSA) is 152 Å². The van der Waals surface area contributed by atoms with Gasteiger partial charge in [0.1, 0.15) is 0 Å². The van der Waals surface area contributed by atoms with Crippen molar-refractivity contribution in [2.75, 3.05) is 26.2 Å². The summed E-state index contributed by atoms with van der Waals surface area (Å²) in [6.07, 6.45) is 9.47. The van der Waals surface area contributed by atoms with Gasteiger partial charge in [0.05, 0.1) is 0 Å². The Balaban J connectivity index is -0.000000215. The first kappa shape index (κ1) is 24.1. The van der Waals surface area contributed by atoms with E-state index in [1.165, 1.54) is 77.5 Å². The highest BCUT2D eigenvalue weighted by atomic mass is 16.6. The van der Waals surface area contributed by atoms with Gasteiger partial charge in [-0.25, -0.2) is 4.79 Å². The van der Waals surface area contributed by atoms with Crippen LogP contribution in [-0.2, 0) is 0 Å². The molecule has 20 heavy (non-hydrogen) atoms. The maximum atomic E-state index is 8.56. The molecule has 0 atom stereocenters. The van der Waals surface area contributed by atoms with Crippen molar-refractivity contribution in [2.24, 2.45) is 0 Å². The Hall–Kier alpha value is -0.890. The molecule has 2 aliphatic rings. The third kappa shape index (κ3) is 25.8. The SMILES string of the molecule is C1CCCNCC1.C1CCCNCC1.N.N.O=C(O)O. The van der Waals surface area contributed by atoms with Crippen molar-refractivity contribution < 1.29 is 15.0 Å². The van der Waals surface area contributed by atoms with Crippen LogP contribution in [0.1, 0.15) is 51.4 Å².